The summed E-state index contributed by atoms with van der Waals surface area (Å²) in [6.45, 7) is 4.12. The number of aliphatic hydroxyl groups excluding tert-OH is 4. The zero-order valence-electron chi connectivity index (χ0n) is 52.5. The number of carbonyl (C=O) groups excluding carboxylic acids is 1. The molecule has 0 bridgehead atoms. The van der Waals surface area contributed by atoms with Crippen LogP contribution in [0.1, 0.15) is 406 Å². The van der Waals surface area contributed by atoms with Crippen molar-refractivity contribution >= 4 is 5.91 Å². The number of aliphatic hydroxyl groups is 4. The summed E-state index contributed by atoms with van der Waals surface area (Å²) in [5, 5.41) is 44.3. The van der Waals surface area contributed by atoms with Crippen LogP contribution in [0, 0.1) is 0 Å². The van der Waals surface area contributed by atoms with E-state index in [0.29, 0.717) is 12.8 Å². The first kappa shape index (κ1) is 76.0. The summed E-state index contributed by atoms with van der Waals surface area (Å²) in [5.74, 6) is -0.575. The van der Waals surface area contributed by atoms with E-state index >= 15 is 0 Å². The number of rotatable bonds is 67. The summed E-state index contributed by atoms with van der Waals surface area (Å²) in [5.41, 5.74) is 0. The second-order valence-electron chi connectivity index (χ2n) is 24.9. The Morgan fingerprint density at radius 1 is 0.312 bits per heavy atom. The maximum Gasteiger partial charge on any atom is 0.249 e. The molecule has 0 aromatic heterocycles. The normalized spacial score (nSPS) is 13.5. The van der Waals surface area contributed by atoms with Crippen LogP contribution in [-0.2, 0) is 4.79 Å². The third-order valence-corrected chi connectivity index (χ3v) is 17.2. The number of nitrogens with one attached hydrogen (secondary N) is 1. The summed E-state index contributed by atoms with van der Waals surface area (Å²) >= 11 is 0. The van der Waals surface area contributed by atoms with Crippen LogP contribution in [0.2, 0.25) is 0 Å². The standard InChI is InChI=1S/C71H141NO5/c1-3-5-7-9-11-13-15-17-19-21-23-25-27-29-31-33-34-35-37-39-41-43-45-47-49-51-53-55-57-59-61-63-65-69(75)71(77)72-67(66-73)70(76)68(74)64-62-60-58-56-54-52-50-48-46-44-42-40-38-36-32-30-28-26-24-22-20-18-16-14-12-10-8-6-4-2/h29,31,67-70,73-76H,3-28,30,32-66H2,1-2H3,(H,72,77)/b31-29-. The monoisotopic (exact) mass is 1090 g/mol. The molecule has 4 unspecified atom stereocenters. The maximum absolute atomic E-state index is 12.7. The van der Waals surface area contributed by atoms with Gasteiger partial charge in [-0.1, -0.05) is 379 Å². The molecule has 0 spiro atoms. The third kappa shape index (κ3) is 59.5. The molecule has 77 heavy (non-hydrogen) atoms. The molecule has 460 valence electrons. The van der Waals surface area contributed by atoms with Gasteiger partial charge in [0, 0.05) is 0 Å². The summed E-state index contributed by atoms with van der Waals surface area (Å²) < 4.78 is 0. The maximum atomic E-state index is 12.7. The van der Waals surface area contributed by atoms with Crippen molar-refractivity contribution in [1.29, 1.82) is 0 Å². The van der Waals surface area contributed by atoms with Crippen molar-refractivity contribution in [1.82, 2.24) is 5.32 Å². The molecule has 5 N–H and O–H groups in total. The van der Waals surface area contributed by atoms with Gasteiger partial charge in [-0.3, -0.25) is 4.79 Å². The molecular weight excluding hydrogens is 947 g/mol. The molecule has 0 saturated carbocycles. The van der Waals surface area contributed by atoms with E-state index in [0.717, 1.165) is 38.5 Å². The van der Waals surface area contributed by atoms with Gasteiger partial charge in [0.2, 0.25) is 5.91 Å². The predicted molar refractivity (Wildman–Crippen MR) is 339 cm³/mol. The second kappa shape index (κ2) is 65.9. The minimum absolute atomic E-state index is 0.374. The topological polar surface area (TPSA) is 110 Å². The zero-order chi connectivity index (χ0) is 55.8. The lowest BCUT2D eigenvalue weighted by Gasteiger charge is -2.27. The molecule has 6 nitrogen and oxygen atoms in total. The van der Waals surface area contributed by atoms with E-state index in [1.54, 1.807) is 0 Å². The first-order valence-corrected chi connectivity index (χ1v) is 35.6. The lowest BCUT2D eigenvalue weighted by molar-refractivity contribution is -0.132. The lowest BCUT2D eigenvalue weighted by Crippen LogP contribution is -2.53. The highest BCUT2D eigenvalue weighted by atomic mass is 16.3. The van der Waals surface area contributed by atoms with E-state index < -0.39 is 36.9 Å². The van der Waals surface area contributed by atoms with Gasteiger partial charge < -0.3 is 25.7 Å². The van der Waals surface area contributed by atoms with Crippen molar-refractivity contribution in [3.63, 3.8) is 0 Å². The van der Waals surface area contributed by atoms with Gasteiger partial charge in [0.1, 0.15) is 12.2 Å². The molecule has 0 saturated heterocycles. The summed E-state index contributed by atoms with van der Waals surface area (Å²) in [7, 11) is 0. The van der Waals surface area contributed by atoms with Gasteiger partial charge in [-0.2, -0.15) is 0 Å². The Hall–Kier alpha value is -0.950. The van der Waals surface area contributed by atoms with Crippen molar-refractivity contribution < 1.29 is 25.2 Å². The number of amides is 1. The van der Waals surface area contributed by atoms with E-state index in [1.807, 2.05) is 0 Å². The van der Waals surface area contributed by atoms with Crippen LogP contribution in [0.4, 0.5) is 0 Å². The average Bonchev–Trinajstić information content (AvgIpc) is 3.43. The molecule has 4 atom stereocenters. The molecule has 0 aliphatic rings. The fraction of sp³-hybridized carbons (Fsp3) is 0.958. The van der Waals surface area contributed by atoms with Crippen molar-refractivity contribution in [3.8, 4) is 0 Å². The summed E-state index contributed by atoms with van der Waals surface area (Å²) in [6, 6.07) is -0.984. The first-order valence-electron chi connectivity index (χ1n) is 35.6. The Morgan fingerprint density at radius 2 is 0.519 bits per heavy atom. The SMILES string of the molecule is CCCCCCCCCCCCCC/C=C\CCCCCCCCCCCCCCCCCCC(O)C(=O)NC(CO)C(O)C(O)CCCCCCCCCCCCCCCCCCCCCCCCCCCCCCC. The van der Waals surface area contributed by atoms with Gasteiger partial charge in [-0.15, -0.1) is 0 Å². The Bertz CT molecular complexity index is 1130. The fourth-order valence-corrected chi connectivity index (χ4v) is 11.7. The highest BCUT2D eigenvalue weighted by Gasteiger charge is 2.28. The Balaban J connectivity index is 3.52. The zero-order valence-corrected chi connectivity index (χ0v) is 52.5. The summed E-state index contributed by atoms with van der Waals surface area (Å²) in [4.78, 5) is 12.7. The number of carbonyl (C=O) groups is 1. The molecule has 0 aliphatic heterocycles. The molecule has 6 heteroatoms. The molecule has 0 aliphatic carbocycles. The van der Waals surface area contributed by atoms with Gasteiger partial charge >= 0.3 is 0 Å². The second-order valence-corrected chi connectivity index (χ2v) is 24.9. The highest BCUT2D eigenvalue weighted by Crippen LogP contribution is 2.20. The van der Waals surface area contributed by atoms with E-state index in [4.69, 9.17) is 0 Å². The number of hydrogen-bond acceptors (Lipinski definition) is 5. The smallest absolute Gasteiger partial charge is 0.249 e. The molecule has 0 rings (SSSR count). The molecule has 0 radical (unpaired) electrons. The van der Waals surface area contributed by atoms with Gasteiger partial charge in [0.15, 0.2) is 0 Å². The lowest BCUT2D eigenvalue weighted by atomic mass is 9.99. The molecule has 0 aromatic rings. The predicted octanol–water partition coefficient (Wildman–Crippen LogP) is 21.9. The Labute approximate surface area is 482 Å². The quantitative estimate of drug-likeness (QED) is 0.0308. The Morgan fingerprint density at radius 3 is 0.753 bits per heavy atom. The van der Waals surface area contributed by atoms with Crippen LogP contribution in [-0.4, -0.2) is 57.3 Å². The van der Waals surface area contributed by atoms with Crippen LogP contribution in [0.25, 0.3) is 0 Å². The number of hydrogen-bond donors (Lipinski definition) is 5. The van der Waals surface area contributed by atoms with Crippen LogP contribution < -0.4 is 5.32 Å². The highest BCUT2D eigenvalue weighted by molar-refractivity contribution is 5.80. The van der Waals surface area contributed by atoms with Gasteiger partial charge in [-0.25, -0.2) is 0 Å². The van der Waals surface area contributed by atoms with Crippen LogP contribution in [0.5, 0.6) is 0 Å². The minimum Gasteiger partial charge on any atom is -0.394 e. The van der Waals surface area contributed by atoms with Crippen molar-refractivity contribution in [2.24, 2.45) is 0 Å². The molecule has 0 heterocycles. The molecular formula is C71H141NO5. The van der Waals surface area contributed by atoms with E-state index in [9.17, 15) is 25.2 Å². The van der Waals surface area contributed by atoms with Crippen molar-refractivity contribution in [2.45, 2.75) is 430 Å². The van der Waals surface area contributed by atoms with Crippen molar-refractivity contribution in [3.05, 3.63) is 12.2 Å². The van der Waals surface area contributed by atoms with Crippen LogP contribution in [0.3, 0.4) is 0 Å². The molecule has 0 fully saturated rings. The minimum atomic E-state index is -1.26. The van der Waals surface area contributed by atoms with Crippen LogP contribution in [0.15, 0.2) is 12.2 Å². The number of allylic oxidation sites excluding steroid dienone is 2. The van der Waals surface area contributed by atoms with Crippen molar-refractivity contribution in [2.75, 3.05) is 6.61 Å². The van der Waals surface area contributed by atoms with Gasteiger partial charge in [0.25, 0.3) is 0 Å². The third-order valence-electron chi connectivity index (χ3n) is 17.2. The van der Waals surface area contributed by atoms with Gasteiger partial charge in [0.05, 0.1) is 18.8 Å². The molecule has 0 aromatic carbocycles. The summed E-state index contributed by atoms with van der Waals surface area (Å²) in [6.07, 6.45) is 82.0. The number of unbranched alkanes of at least 4 members (excludes halogenated alkanes) is 56. The van der Waals surface area contributed by atoms with Crippen LogP contribution >= 0.6 is 0 Å². The van der Waals surface area contributed by atoms with E-state index in [1.165, 1.54) is 340 Å². The fourth-order valence-electron chi connectivity index (χ4n) is 11.7. The molecule has 1 amide bonds. The average molecular weight is 1090 g/mol. The van der Waals surface area contributed by atoms with Gasteiger partial charge in [-0.05, 0) is 38.5 Å². The largest absolute Gasteiger partial charge is 0.394 e. The Kier molecular flexibility index (Phi) is 65.0. The van der Waals surface area contributed by atoms with E-state index in [2.05, 4.69) is 31.3 Å². The van der Waals surface area contributed by atoms with E-state index in [-0.39, 0.29) is 0 Å². The first-order chi connectivity index (χ1) is 38.0.